The van der Waals surface area contributed by atoms with Crippen molar-refractivity contribution in [2.24, 2.45) is 5.92 Å². The smallest absolute Gasteiger partial charge is 0.242 e. The van der Waals surface area contributed by atoms with Crippen LogP contribution in [0.1, 0.15) is 12.8 Å². The summed E-state index contributed by atoms with van der Waals surface area (Å²) in [6.45, 7) is 5.14. The minimum atomic E-state index is -3.17. The second kappa shape index (κ2) is 6.45. The number of hydrogen-bond acceptors (Lipinski definition) is 6. The van der Waals surface area contributed by atoms with Crippen molar-refractivity contribution in [3.05, 3.63) is 0 Å². The molecule has 3 heterocycles. The zero-order valence-corrected chi connectivity index (χ0v) is 15.5. The zero-order valence-electron chi connectivity index (χ0n) is 14.7. The minimum Gasteiger partial charge on any atom is -0.378 e. The average molecular weight is 373 g/mol. The summed E-state index contributed by atoms with van der Waals surface area (Å²) < 4.78 is 36.2. The largest absolute Gasteiger partial charge is 0.378 e. The van der Waals surface area contributed by atoms with Crippen molar-refractivity contribution >= 4 is 15.9 Å². The van der Waals surface area contributed by atoms with Crippen LogP contribution in [0.3, 0.4) is 0 Å². The second-order valence-corrected chi connectivity index (χ2v) is 9.83. The van der Waals surface area contributed by atoms with E-state index in [9.17, 15) is 13.2 Å². The molecule has 0 bridgehead atoms. The van der Waals surface area contributed by atoms with Crippen LogP contribution < -0.4 is 0 Å². The molecule has 4 aliphatic rings. The summed E-state index contributed by atoms with van der Waals surface area (Å²) in [6, 6.07) is -0.253. The van der Waals surface area contributed by atoms with Crippen molar-refractivity contribution < 1.29 is 22.7 Å². The van der Waals surface area contributed by atoms with Crippen molar-refractivity contribution in [2.75, 3.05) is 65.3 Å². The Bertz CT molecular complexity index is 624. The number of ether oxygens (including phenoxy) is 2. The van der Waals surface area contributed by atoms with Crippen molar-refractivity contribution in [1.82, 2.24) is 14.1 Å². The fourth-order valence-electron chi connectivity index (χ4n) is 3.96. The molecule has 3 aliphatic heterocycles. The molecule has 4 fully saturated rings. The SMILES string of the molecule is CS(=O)(=O)N1CC2(CN(CC3CC3)[C@H](C(=O)N3CCOCC3)CO2)C1. The standard InChI is InChI=1S/C16H27N3O5S/c1-25(21,22)19-11-16(12-19)10-18(8-13-2-3-13)14(9-24-16)15(20)17-4-6-23-7-5-17/h13-14H,2-12H2,1H3/t14-/m0/s1. The summed E-state index contributed by atoms with van der Waals surface area (Å²) in [5, 5.41) is 0. The second-order valence-electron chi connectivity index (χ2n) is 7.85. The molecular formula is C16H27N3O5S. The van der Waals surface area contributed by atoms with E-state index in [-0.39, 0.29) is 11.9 Å². The van der Waals surface area contributed by atoms with Crippen molar-refractivity contribution in [3.8, 4) is 0 Å². The lowest BCUT2D eigenvalue weighted by Gasteiger charge is -2.55. The fourth-order valence-corrected chi connectivity index (χ4v) is 4.89. The molecule has 25 heavy (non-hydrogen) atoms. The highest BCUT2D eigenvalue weighted by Gasteiger charge is 2.53. The lowest BCUT2D eigenvalue weighted by Crippen LogP contribution is -2.73. The molecule has 0 unspecified atom stereocenters. The highest BCUT2D eigenvalue weighted by molar-refractivity contribution is 7.88. The van der Waals surface area contributed by atoms with Gasteiger partial charge < -0.3 is 14.4 Å². The lowest BCUT2D eigenvalue weighted by molar-refractivity contribution is -0.190. The highest BCUT2D eigenvalue weighted by Crippen LogP contribution is 2.36. The summed E-state index contributed by atoms with van der Waals surface area (Å²) in [7, 11) is -3.17. The molecule has 142 valence electrons. The highest BCUT2D eigenvalue weighted by atomic mass is 32.2. The number of carbonyl (C=O) groups is 1. The van der Waals surface area contributed by atoms with Gasteiger partial charge >= 0.3 is 0 Å². The number of nitrogens with zero attached hydrogens (tertiary/aromatic N) is 3. The van der Waals surface area contributed by atoms with Gasteiger partial charge in [-0.2, -0.15) is 4.31 Å². The molecule has 1 amide bonds. The lowest BCUT2D eigenvalue weighted by atomic mass is 9.92. The van der Waals surface area contributed by atoms with Crippen LogP contribution in [0.15, 0.2) is 0 Å². The molecule has 1 spiro atoms. The van der Waals surface area contributed by atoms with Gasteiger partial charge in [-0.25, -0.2) is 8.42 Å². The van der Waals surface area contributed by atoms with Gasteiger partial charge in [-0.3, -0.25) is 9.69 Å². The van der Waals surface area contributed by atoms with Gasteiger partial charge in [0.2, 0.25) is 15.9 Å². The normalized spacial score (nSPS) is 31.1. The first-order chi connectivity index (χ1) is 11.9. The van der Waals surface area contributed by atoms with E-state index >= 15 is 0 Å². The Hall–Kier alpha value is -0.740. The molecular weight excluding hydrogens is 346 g/mol. The van der Waals surface area contributed by atoms with Gasteiger partial charge in [0.05, 0.1) is 26.1 Å². The van der Waals surface area contributed by atoms with E-state index in [2.05, 4.69) is 4.90 Å². The molecule has 9 heteroatoms. The summed E-state index contributed by atoms with van der Waals surface area (Å²) in [4.78, 5) is 17.1. The topological polar surface area (TPSA) is 79.4 Å². The Kier molecular flexibility index (Phi) is 4.56. The van der Waals surface area contributed by atoms with Crippen LogP contribution in [0, 0.1) is 5.92 Å². The molecule has 8 nitrogen and oxygen atoms in total. The maximum Gasteiger partial charge on any atom is 0.242 e. The summed E-state index contributed by atoms with van der Waals surface area (Å²) in [5.41, 5.74) is -0.445. The molecule has 3 saturated heterocycles. The van der Waals surface area contributed by atoms with E-state index in [1.807, 2.05) is 4.90 Å². The van der Waals surface area contributed by atoms with Crippen LogP contribution in [0.4, 0.5) is 0 Å². The number of sulfonamides is 1. The van der Waals surface area contributed by atoms with Crippen LogP contribution >= 0.6 is 0 Å². The average Bonchev–Trinajstić information content (AvgIpc) is 3.36. The predicted octanol–water partition coefficient (Wildman–Crippen LogP) is -1.03. The zero-order chi connectivity index (χ0) is 17.7. The van der Waals surface area contributed by atoms with Crippen LogP contribution in [0.5, 0.6) is 0 Å². The third-order valence-corrected chi connectivity index (χ3v) is 6.87. The van der Waals surface area contributed by atoms with E-state index in [0.29, 0.717) is 58.5 Å². The Morgan fingerprint density at radius 1 is 1.16 bits per heavy atom. The van der Waals surface area contributed by atoms with Gasteiger partial charge in [-0.1, -0.05) is 0 Å². The minimum absolute atomic E-state index is 0.123. The molecule has 1 saturated carbocycles. The Balaban J connectivity index is 1.43. The van der Waals surface area contributed by atoms with E-state index in [4.69, 9.17) is 9.47 Å². The third-order valence-electron chi connectivity index (χ3n) is 5.67. The quantitative estimate of drug-likeness (QED) is 0.627. The molecule has 0 aromatic carbocycles. The molecule has 0 aromatic rings. The maximum absolute atomic E-state index is 12.9. The Labute approximate surface area is 149 Å². The number of rotatable bonds is 4. The van der Waals surface area contributed by atoms with Crippen LogP contribution in [0.25, 0.3) is 0 Å². The molecule has 0 aromatic heterocycles. The molecule has 4 rings (SSSR count). The van der Waals surface area contributed by atoms with E-state index < -0.39 is 15.6 Å². The first kappa shape index (κ1) is 17.7. The van der Waals surface area contributed by atoms with E-state index in [1.54, 1.807) is 0 Å². The molecule has 1 aliphatic carbocycles. The van der Waals surface area contributed by atoms with Crippen LogP contribution in [-0.4, -0.2) is 105 Å². The fraction of sp³-hybridized carbons (Fsp3) is 0.938. The van der Waals surface area contributed by atoms with Gasteiger partial charge in [-0.15, -0.1) is 0 Å². The molecule has 1 atom stereocenters. The van der Waals surface area contributed by atoms with Crippen molar-refractivity contribution in [1.29, 1.82) is 0 Å². The van der Waals surface area contributed by atoms with Gasteiger partial charge in [0.25, 0.3) is 0 Å². The first-order valence-electron chi connectivity index (χ1n) is 9.06. The van der Waals surface area contributed by atoms with Gasteiger partial charge in [0.15, 0.2) is 0 Å². The first-order valence-corrected chi connectivity index (χ1v) is 10.9. The van der Waals surface area contributed by atoms with Gasteiger partial charge in [0, 0.05) is 39.3 Å². The third kappa shape index (κ3) is 3.71. The van der Waals surface area contributed by atoms with Gasteiger partial charge in [-0.05, 0) is 18.8 Å². The Morgan fingerprint density at radius 2 is 1.84 bits per heavy atom. The van der Waals surface area contributed by atoms with Gasteiger partial charge in [0.1, 0.15) is 11.6 Å². The molecule has 0 N–H and O–H groups in total. The maximum atomic E-state index is 12.9. The Morgan fingerprint density at radius 3 is 2.44 bits per heavy atom. The monoisotopic (exact) mass is 373 g/mol. The van der Waals surface area contributed by atoms with Crippen molar-refractivity contribution in [2.45, 2.75) is 24.5 Å². The number of carbonyl (C=O) groups excluding carboxylic acids is 1. The summed E-state index contributed by atoms with van der Waals surface area (Å²) in [5.74, 6) is 0.791. The molecule has 0 radical (unpaired) electrons. The number of amides is 1. The number of morpholine rings is 2. The predicted molar refractivity (Wildman–Crippen MR) is 90.6 cm³/mol. The summed E-state index contributed by atoms with van der Waals surface area (Å²) >= 11 is 0. The van der Waals surface area contributed by atoms with Crippen LogP contribution in [0.2, 0.25) is 0 Å². The number of hydrogen-bond donors (Lipinski definition) is 0. The van der Waals surface area contributed by atoms with E-state index in [0.717, 1.165) is 6.54 Å². The van der Waals surface area contributed by atoms with Crippen molar-refractivity contribution in [3.63, 3.8) is 0 Å². The van der Waals surface area contributed by atoms with Crippen LogP contribution in [-0.2, 0) is 24.3 Å². The summed E-state index contributed by atoms with van der Waals surface area (Å²) in [6.07, 6.45) is 3.67. The van der Waals surface area contributed by atoms with E-state index in [1.165, 1.54) is 23.4 Å².